The van der Waals surface area contributed by atoms with Crippen LogP contribution in [-0.4, -0.2) is 41.0 Å². The Morgan fingerprint density at radius 1 is 1.31 bits per heavy atom. The van der Waals surface area contributed by atoms with Crippen LogP contribution in [0.2, 0.25) is 0 Å². The number of nitrogens with two attached hydrogens (primary N) is 2. The van der Waals surface area contributed by atoms with Crippen molar-refractivity contribution in [2.45, 2.75) is 19.9 Å². The van der Waals surface area contributed by atoms with E-state index in [0.29, 0.717) is 6.54 Å². The van der Waals surface area contributed by atoms with Crippen molar-refractivity contribution in [1.29, 1.82) is 0 Å². The lowest BCUT2D eigenvalue weighted by molar-refractivity contribution is 0.186. The quantitative estimate of drug-likeness (QED) is 0.555. The maximum absolute atomic E-state index is 7.62. The Bertz CT molecular complexity index is 216. The molecule has 16 heavy (non-hydrogen) atoms. The maximum atomic E-state index is 7.62. The van der Waals surface area contributed by atoms with Gasteiger partial charge in [-0.3, -0.25) is 4.98 Å². The number of hydrogen-bond donors (Lipinski definition) is 4. The fourth-order valence-electron chi connectivity index (χ4n) is 0.448. The van der Waals surface area contributed by atoms with Gasteiger partial charge in [-0.05, 0) is 26.0 Å². The zero-order chi connectivity index (χ0) is 12.8. The summed E-state index contributed by atoms with van der Waals surface area (Å²) in [6, 6.07) is 6.02. The average Bonchev–Trinajstić information content (AvgIpc) is 2.31. The maximum Gasteiger partial charge on any atom is 0.0662 e. The molecule has 94 valence electrons. The van der Waals surface area contributed by atoms with Crippen molar-refractivity contribution in [3.8, 4) is 0 Å². The highest BCUT2D eigenvalue weighted by molar-refractivity contribution is 4.99. The summed E-state index contributed by atoms with van der Waals surface area (Å²) in [7, 11) is 0. The van der Waals surface area contributed by atoms with Crippen LogP contribution in [0, 0.1) is 6.92 Å². The van der Waals surface area contributed by atoms with E-state index in [1.165, 1.54) is 0 Å². The second-order valence-electron chi connectivity index (χ2n) is 3.13. The summed E-state index contributed by atoms with van der Waals surface area (Å²) >= 11 is 0. The average molecular weight is 229 g/mol. The lowest BCUT2D eigenvalue weighted by atomic mass is 10.4. The highest BCUT2D eigenvalue weighted by Crippen LogP contribution is 1.85. The highest BCUT2D eigenvalue weighted by Gasteiger charge is 1.79. The second-order valence-corrected chi connectivity index (χ2v) is 3.13. The Morgan fingerprint density at radius 3 is 1.94 bits per heavy atom. The molecule has 1 aromatic rings. The highest BCUT2D eigenvalue weighted by atomic mass is 16.3. The summed E-state index contributed by atoms with van der Waals surface area (Å²) in [5, 5.41) is 15.2. The number of aryl methyl sites for hydroxylation is 1. The van der Waals surface area contributed by atoms with Crippen molar-refractivity contribution < 1.29 is 10.2 Å². The molecule has 6 N–H and O–H groups in total. The molecule has 0 radical (unpaired) electrons. The zero-order valence-electron chi connectivity index (χ0n) is 10.0. The van der Waals surface area contributed by atoms with Gasteiger partial charge < -0.3 is 21.7 Å². The van der Waals surface area contributed by atoms with Gasteiger partial charge in [0.15, 0.2) is 0 Å². The van der Waals surface area contributed by atoms with Crippen LogP contribution in [0.15, 0.2) is 24.4 Å². The summed E-state index contributed by atoms with van der Waals surface area (Å²) < 4.78 is 0. The van der Waals surface area contributed by atoms with Gasteiger partial charge in [-0.15, -0.1) is 0 Å². The Morgan fingerprint density at radius 2 is 1.81 bits per heavy atom. The Kier molecular flexibility index (Phi) is 15.2. The van der Waals surface area contributed by atoms with Crippen molar-refractivity contribution in [2.75, 3.05) is 19.8 Å². The van der Waals surface area contributed by atoms with E-state index in [9.17, 15) is 0 Å². The topological polar surface area (TPSA) is 105 Å². The van der Waals surface area contributed by atoms with Gasteiger partial charge in [-0.25, -0.2) is 0 Å². The molecule has 1 unspecified atom stereocenters. The van der Waals surface area contributed by atoms with Crippen LogP contribution >= 0.6 is 0 Å². The number of pyridine rings is 1. The molecule has 1 aromatic heterocycles. The minimum Gasteiger partial charge on any atom is -0.394 e. The smallest absolute Gasteiger partial charge is 0.0662 e. The molecule has 0 fully saturated rings. The third kappa shape index (κ3) is 18.7. The standard InChI is InChI=1S/C6H7N.C3H10N2.C2H6O2/c1-6-4-2-3-5-7-6;1-3(5)2-4;3-1-2-4/h2-5H,1H3;3H,2,4-5H2,1H3;3-4H,1-2H2. The molecule has 5 nitrogen and oxygen atoms in total. The van der Waals surface area contributed by atoms with Crippen LogP contribution in [0.4, 0.5) is 0 Å². The normalized spacial score (nSPS) is 10.4. The van der Waals surface area contributed by atoms with Crippen LogP contribution in [0.3, 0.4) is 0 Å². The molecular weight excluding hydrogens is 206 g/mol. The van der Waals surface area contributed by atoms with E-state index in [1.807, 2.05) is 32.0 Å². The molecule has 0 aliphatic heterocycles. The van der Waals surface area contributed by atoms with E-state index in [0.717, 1.165) is 5.69 Å². The summed E-state index contributed by atoms with van der Waals surface area (Å²) in [6.45, 7) is 4.18. The van der Waals surface area contributed by atoms with Crippen LogP contribution < -0.4 is 11.5 Å². The van der Waals surface area contributed by atoms with Gasteiger partial charge in [0.2, 0.25) is 0 Å². The summed E-state index contributed by atoms with van der Waals surface area (Å²) in [6.07, 6.45) is 1.79. The monoisotopic (exact) mass is 229 g/mol. The largest absolute Gasteiger partial charge is 0.394 e. The number of nitrogens with zero attached hydrogens (tertiary/aromatic N) is 1. The van der Waals surface area contributed by atoms with E-state index in [2.05, 4.69) is 4.98 Å². The Hall–Kier alpha value is -1.01. The minimum absolute atomic E-state index is 0.125. The molecule has 0 aliphatic rings. The van der Waals surface area contributed by atoms with Crippen LogP contribution in [-0.2, 0) is 0 Å². The molecule has 0 bridgehead atoms. The minimum atomic E-state index is -0.125. The lowest BCUT2D eigenvalue weighted by Crippen LogP contribution is -2.25. The first kappa shape index (κ1) is 17.4. The number of aliphatic hydroxyl groups is 2. The molecule has 1 heterocycles. The first-order valence-electron chi connectivity index (χ1n) is 5.13. The van der Waals surface area contributed by atoms with Gasteiger partial charge in [0.1, 0.15) is 0 Å². The van der Waals surface area contributed by atoms with Crippen molar-refractivity contribution in [3.05, 3.63) is 30.1 Å². The SMILES string of the molecule is CC(N)CN.Cc1ccccn1.OCCO. The first-order chi connectivity index (χ1) is 7.58. The number of rotatable bonds is 2. The molecule has 0 spiro atoms. The molecule has 1 rings (SSSR count). The van der Waals surface area contributed by atoms with Crippen molar-refractivity contribution >= 4 is 0 Å². The third-order valence-electron chi connectivity index (χ3n) is 1.28. The van der Waals surface area contributed by atoms with Crippen LogP contribution in [0.1, 0.15) is 12.6 Å². The van der Waals surface area contributed by atoms with Crippen molar-refractivity contribution in [1.82, 2.24) is 4.98 Å². The zero-order valence-corrected chi connectivity index (χ0v) is 10.0. The molecule has 1 atom stereocenters. The summed E-state index contributed by atoms with van der Waals surface area (Å²) in [4.78, 5) is 3.98. The molecule has 0 aliphatic carbocycles. The van der Waals surface area contributed by atoms with E-state index in [1.54, 1.807) is 6.20 Å². The summed E-state index contributed by atoms with van der Waals surface area (Å²) in [5.41, 5.74) is 11.3. The predicted molar refractivity (Wildman–Crippen MR) is 65.8 cm³/mol. The van der Waals surface area contributed by atoms with Crippen LogP contribution in [0.5, 0.6) is 0 Å². The molecule has 0 saturated heterocycles. The van der Waals surface area contributed by atoms with E-state index in [-0.39, 0.29) is 19.3 Å². The summed E-state index contributed by atoms with van der Waals surface area (Å²) in [5.74, 6) is 0. The van der Waals surface area contributed by atoms with Crippen LogP contribution in [0.25, 0.3) is 0 Å². The molecule has 0 aromatic carbocycles. The van der Waals surface area contributed by atoms with Gasteiger partial charge in [-0.2, -0.15) is 0 Å². The van der Waals surface area contributed by atoms with Crippen molar-refractivity contribution in [2.24, 2.45) is 11.5 Å². The second kappa shape index (κ2) is 14.0. The van der Waals surface area contributed by atoms with Gasteiger partial charge in [0.05, 0.1) is 13.2 Å². The Balaban J connectivity index is 0. The van der Waals surface area contributed by atoms with Gasteiger partial charge in [0.25, 0.3) is 0 Å². The van der Waals surface area contributed by atoms with E-state index < -0.39 is 0 Å². The van der Waals surface area contributed by atoms with Gasteiger partial charge >= 0.3 is 0 Å². The fourth-order valence-corrected chi connectivity index (χ4v) is 0.448. The molecule has 0 amide bonds. The molecular formula is C11H23N3O2. The van der Waals surface area contributed by atoms with Gasteiger partial charge in [-0.1, -0.05) is 6.07 Å². The van der Waals surface area contributed by atoms with Gasteiger partial charge in [0, 0.05) is 24.5 Å². The Labute approximate surface area is 97.1 Å². The van der Waals surface area contributed by atoms with Crippen molar-refractivity contribution in [3.63, 3.8) is 0 Å². The molecule has 0 saturated carbocycles. The third-order valence-corrected chi connectivity index (χ3v) is 1.28. The number of hydrogen-bond acceptors (Lipinski definition) is 5. The predicted octanol–water partition coefficient (Wildman–Crippen LogP) is -0.347. The first-order valence-corrected chi connectivity index (χ1v) is 5.13. The fraction of sp³-hybridized carbons (Fsp3) is 0.545. The number of aromatic nitrogens is 1. The van der Waals surface area contributed by atoms with E-state index >= 15 is 0 Å². The lowest BCUT2D eigenvalue weighted by Gasteiger charge is -1.92. The van der Waals surface area contributed by atoms with E-state index in [4.69, 9.17) is 21.7 Å². The molecule has 5 heteroatoms. The number of aliphatic hydroxyl groups excluding tert-OH is 2.